The fraction of sp³-hybridized carbons (Fsp3) is 0.296. The highest BCUT2D eigenvalue weighted by atomic mass is 16.5. The first-order valence-corrected chi connectivity index (χ1v) is 10.9. The van der Waals surface area contributed by atoms with Crippen LogP contribution in [-0.4, -0.2) is 38.3 Å². The van der Waals surface area contributed by atoms with Gasteiger partial charge in [0.05, 0.1) is 25.9 Å². The molecular formula is C27H28N2O3. The van der Waals surface area contributed by atoms with E-state index in [-0.39, 0.29) is 6.10 Å². The Kier molecular flexibility index (Phi) is 6.94. The van der Waals surface area contributed by atoms with E-state index < -0.39 is 0 Å². The van der Waals surface area contributed by atoms with E-state index >= 15 is 0 Å². The van der Waals surface area contributed by atoms with Gasteiger partial charge >= 0.3 is 0 Å². The molecule has 1 aliphatic heterocycles. The summed E-state index contributed by atoms with van der Waals surface area (Å²) < 4.78 is 17.3. The SMILES string of the molecule is COc1ccc(OC)c(-c2cccc(OC3CCN(Cc4ccccc4C#N)CC3)c2)c1. The van der Waals surface area contributed by atoms with Crippen LogP contribution in [-0.2, 0) is 6.54 Å². The molecule has 0 bridgehead atoms. The molecule has 5 nitrogen and oxygen atoms in total. The molecule has 0 aliphatic carbocycles. The second-order valence-electron chi connectivity index (χ2n) is 7.96. The lowest BCUT2D eigenvalue weighted by Gasteiger charge is -2.32. The molecule has 0 unspecified atom stereocenters. The van der Waals surface area contributed by atoms with Gasteiger partial charge in [0.2, 0.25) is 0 Å². The minimum absolute atomic E-state index is 0.180. The molecule has 0 atom stereocenters. The average Bonchev–Trinajstić information content (AvgIpc) is 2.85. The molecule has 4 rings (SSSR count). The minimum atomic E-state index is 0.180. The molecule has 0 saturated carbocycles. The third kappa shape index (κ3) is 5.04. The third-order valence-electron chi connectivity index (χ3n) is 5.92. The van der Waals surface area contributed by atoms with Crippen molar-refractivity contribution < 1.29 is 14.2 Å². The van der Waals surface area contributed by atoms with Crippen LogP contribution < -0.4 is 14.2 Å². The average molecular weight is 429 g/mol. The summed E-state index contributed by atoms with van der Waals surface area (Å²) in [6.45, 7) is 2.71. The molecule has 0 spiro atoms. The normalized spacial score (nSPS) is 14.5. The highest BCUT2D eigenvalue weighted by Gasteiger charge is 2.21. The van der Waals surface area contributed by atoms with Gasteiger partial charge in [-0.25, -0.2) is 0 Å². The van der Waals surface area contributed by atoms with E-state index in [1.807, 2.05) is 54.6 Å². The van der Waals surface area contributed by atoms with Crippen molar-refractivity contribution in [3.63, 3.8) is 0 Å². The monoisotopic (exact) mass is 428 g/mol. The van der Waals surface area contributed by atoms with Gasteiger partial charge < -0.3 is 14.2 Å². The van der Waals surface area contributed by atoms with Gasteiger partial charge in [0.15, 0.2) is 0 Å². The van der Waals surface area contributed by atoms with Crippen molar-refractivity contribution in [2.24, 2.45) is 0 Å². The first-order valence-electron chi connectivity index (χ1n) is 10.9. The highest BCUT2D eigenvalue weighted by molar-refractivity contribution is 5.73. The van der Waals surface area contributed by atoms with Crippen molar-refractivity contribution in [2.45, 2.75) is 25.5 Å². The van der Waals surface area contributed by atoms with Crippen molar-refractivity contribution in [1.29, 1.82) is 5.26 Å². The number of methoxy groups -OCH3 is 2. The smallest absolute Gasteiger partial charge is 0.126 e. The van der Waals surface area contributed by atoms with E-state index in [2.05, 4.69) is 23.1 Å². The Morgan fingerprint density at radius 2 is 1.72 bits per heavy atom. The Balaban J connectivity index is 1.40. The van der Waals surface area contributed by atoms with Gasteiger partial charge in [-0.3, -0.25) is 4.90 Å². The summed E-state index contributed by atoms with van der Waals surface area (Å²) in [6.07, 6.45) is 2.10. The van der Waals surface area contributed by atoms with Gasteiger partial charge in [-0.1, -0.05) is 30.3 Å². The molecule has 32 heavy (non-hydrogen) atoms. The summed E-state index contributed by atoms with van der Waals surface area (Å²) in [5.74, 6) is 2.45. The van der Waals surface area contributed by atoms with Crippen molar-refractivity contribution in [2.75, 3.05) is 27.3 Å². The molecule has 0 radical (unpaired) electrons. The lowest BCUT2D eigenvalue weighted by Crippen LogP contribution is -2.37. The first-order chi connectivity index (χ1) is 15.7. The van der Waals surface area contributed by atoms with E-state index in [0.717, 1.165) is 72.0 Å². The summed E-state index contributed by atoms with van der Waals surface area (Å²) in [4.78, 5) is 2.40. The second kappa shape index (κ2) is 10.2. The number of hydrogen-bond donors (Lipinski definition) is 0. The maximum Gasteiger partial charge on any atom is 0.126 e. The van der Waals surface area contributed by atoms with Crippen LogP contribution in [0.4, 0.5) is 0 Å². The number of rotatable bonds is 7. The molecule has 3 aromatic rings. The number of hydrogen-bond acceptors (Lipinski definition) is 5. The lowest BCUT2D eigenvalue weighted by molar-refractivity contribution is 0.0968. The zero-order valence-electron chi connectivity index (χ0n) is 18.6. The van der Waals surface area contributed by atoms with Gasteiger partial charge in [0, 0.05) is 25.2 Å². The zero-order chi connectivity index (χ0) is 22.3. The molecule has 1 aliphatic rings. The van der Waals surface area contributed by atoms with Crippen LogP contribution in [0.1, 0.15) is 24.0 Å². The molecule has 0 amide bonds. The van der Waals surface area contributed by atoms with Crippen molar-refractivity contribution in [3.8, 4) is 34.4 Å². The van der Waals surface area contributed by atoms with Gasteiger partial charge in [0.1, 0.15) is 23.4 Å². The minimum Gasteiger partial charge on any atom is -0.497 e. The molecule has 1 fully saturated rings. The van der Waals surface area contributed by atoms with Crippen LogP contribution in [0.5, 0.6) is 17.2 Å². The Morgan fingerprint density at radius 1 is 0.906 bits per heavy atom. The summed E-state index contributed by atoms with van der Waals surface area (Å²) in [6, 6.07) is 24.1. The third-order valence-corrected chi connectivity index (χ3v) is 5.92. The van der Waals surface area contributed by atoms with Crippen molar-refractivity contribution >= 4 is 0 Å². The number of ether oxygens (including phenoxy) is 3. The summed E-state index contributed by atoms with van der Waals surface area (Å²) in [5.41, 5.74) is 3.86. The quantitative estimate of drug-likeness (QED) is 0.512. The predicted molar refractivity (Wildman–Crippen MR) is 125 cm³/mol. The molecule has 3 aromatic carbocycles. The van der Waals surface area contributed by atoms with Crippen LogP contribution >= 0.6 is 0 Å². The maximum absolute atomic E-state index is 9.32. The highest BCUT2D eigenvalue weighted by Crippen LogP contribution is 2.35. The Bertz CT molecular complexity index is 1100. The van der Waals surface area contributed by atoms with E-state index in [1.54, 1.807) is 14.2 Å². The summed E-state index contributed by atoms with van der Waals surface area (Å²) in [7, 11) is 3.34. The second-order valence-corrected chi connectivity index (χ2v) is 7.96. The van der Waals surface area contributed by atoms with E-state index in [0.29, 0.717) is 0 Å². The van der Waals surface area contributed by atoms with Crippen molar-refractivity contribution in [1.82, 2.24) is 4.90 Å². The van der Waals surface area contributed by atoms with Crippen LogP contribution in [0.2, 0.25) is 0 Å². The molecule has 164 valence electrons. The van der Waals surface area contributed by atoms with Gasteiger partial charge in [-0.15, -0.1) is 0 Å². The Labute approximate surface area is 189 Å². The van der Waals surface area contributed by atoms with Crippen LogP contribution in [0, 0.1) is 11.3 Å². The fourth-order valence-electron chi connectivity index (χ4n) is 4.16. The zero-order valence-corrected chi connectivity index (χ0v) is 18.6. The van der Waals surface area contributed by atoms with Crippen molar-refractivity contribution in [3.05, 3.63) is 77.9 Å². The Morgan fingerprint density at radius 3 is 2.47 bits per heavy atom. The van der Waals surface area contributed by atoms with Gasteiger partial charge in [-0.2, -0.15) is 5.26 Å². The summed E-state index contributed by atoms with van der Waals surface area (Å²) in [5, 5.41) is 9.32. The number of nitriles is 1. The maximum atomic E-state index is 9.32. The molecule has 1 saturated heterocycles. The number of piperidine rings is 1. The topological polar surface area (TPSA) is 54.7 Å². The largest absolute Gasteiger partial charge is 0.497 e. The lowest BCUT2D eigenvalue weighted by atomic mass is 10.0. The van der Waals surface area contributed by atoms with Crippen LogP contribution in [0.3, 0.4) is 0 Å². The van der Waals surface area contributed by atoms with Gasteiger partial charge in [0.25, 0.3) is 0 Å². The molecule has 5 heteroatoms. The number of likely N-dealkylation sites (tertiary alicyclic amines) is 1. The summed E-state index contributed by atoms with van der Waals surface area (Å²) >= 11 is 0. The number of nitrogens with zero attached hydrogens (tertiary/aromatic N) is 2. The first kappa shape index (κ1) is 21.7. The van der Waals surface area contributed by atoms with E-state index in [1.165, 1.54) is 0 Å². The van der Waals surface area contributed by atoms with Crippen LogP contribution in [0.25, 0.3) is 11.1 Å². The Hall–Kier alpha value is -3.49. The van der Waals surface area contributed by atoms with Crippen LogP contribution in [0.15, 0.2) is 66.7 Å². The molecule has 0 aromatic heterocycles. The number of benzene rings is 3. The standard InChI is InChI=1S/C27H28N2O3/c1-30-24-10-11-27(31-2)26(17-24)20-8-5-9-25(16-20)32-23-12-14-29(15-13-23)19-22-7-4-3-6-21(22)18-28/h3-11,16-17,23H,12-15,19H2,1-2H3. The van der Waals surface area contributed by atoms with Gasteiger partial charge in [-0.05, 0) is 60.4 Å². The van der Waals surface area contributed by atoms with E-state index in [4.69, 9.17) is 14.2 Å². The molecule has 1 heterocycles. The molecule has 0 N–H and O–H groups in total. The van der Waals surface area contributed by atoms with E-state index in [9.17, 15) is 5.26 Å². The fourth-order valence-corrected chi connectivity index (χ4v) is 4.16. The predicted octanol–water partition coefficient (Wildman–Crippen LogP) is 5.29. The molecular weight excluding hydrogens is 400 g/mol.